The zero-order valence-electron chi connectivity index (χ0n) is 12.3. The maximum absolute atomic E-state index is 5.81. The molecule has 0 heterocycles. The summed E-state index contributed by atoms with van der Waals surface area (Å²) in [6, 6.07) is 15.3. The van der Waals surface area contributed by atoms with Gasteiger partial charge in [-0.3, -0.25) is 0 Å². The number of hydrogen-bond donors (Lipinski definition) is 2. The molecular formula is C16H18N4O2. The summed E-state index contributed by atoms with van der Waals surface area (Å²) in [5.74, 6) is 1.18. The monoisotopic (exact) mass is 298 g/mol. The van der Waals surface area contributed by atoms with Crippen LogP contribution in [0.1, 0.15) is 11.1 Å². The van der Waals surface area contributed by atoms with Gasteiger partial charge in [0.05, 0.1) is 13.3 Å². The van der Waals surface area contributed by atoms with E-state index in [4.69, 9.17) is 20.9 Å². The van der Waals surface area contributed by atoms with Gasteiger partial charge in [-0.2, -0.15) is 5.10 Å². The molecular weight excluding hydrogens is 280 g/mol. The third-order valence-electron chi connectivity index (χ3n) is 2.80. The summed E-state index contributed by atoms with van der Waals surface area (Å²) in [6.07, 6.45) is 1.54. The van der Waals surface area contributed by atoms with E-state index in [0.717, 1.165) is 11.1 Å². The van der Waals surface area contributed by atoms with Gasteiger partial charge in [-0.05, 0) is 29.3 Å². The summed E-state index contributed by atoms with van der Waals surface area (Å²) in [4.78, 5) is 0. The number of hydrogen-bond acceptors (Lipinski definition) is 4. The highest BCUT2D eigenvalue weighted by atomic mass is 16.5. The number of ether oxygens (including phenoxy) is 2. The van der Waals surface area contributed by atoms with Crippen molar-refractivity contribution >= 4 is 12.2 Å². The van der Waals surface area contributed by atoms with E-state index in [-0.39, 0.29) is 5.96 Å². The van der Waals surface area contributed by atoms with Gasteiger partial charge in [-0.25, -0.2) is 0 Å². The minimum Gasteiger partial charge on any atom is -0.493 e. The van der Waals surface area contributed by atoms with Crippen molar-refractivity contribution in [2.75, 3.05) is 7.11 Å². The third kappa shape index (κ3) is 4.52. The van der Waals surface area contributed by atoms with E-state index in [0.29, 0.717) is 18.1 Å². The van der Waals surface area contributed by atoms with Gasteiger partial charge in [-0.1, -0.05) is 30.3 Å². The molecule has 0 unspecified atom stereocenters. The highest BCUT2D eigenvalue weighted by Crippen LogP contribution is 2.28. The molecule has 2 rings (SSSR count). The first-order chi connectivity index (χ1) is 10.7. The SMILES string of the molecule is COc1ccc(/C=N/N=C(N)N)cc1OCc1ccccc1. The topological polar surface area (TPSA) is 95.2 Å². The number of rotatable bonds is 6. The van der Waals surface area contributed by atoms with Gasteiger partial charge in [0.15, 0.2) is 11.5 Å². The second kappa shape index (κ2) is 7.68. The highest BCUT2D eigenvalue weighted by molar-refractivity contribution is 5.82. The van der Waals surface area contributed by atoms with Crippen LogP contribution in [0.25, 0.3) is 0 Å². The van der Waals surface area contributed by atoms with Gasteiger partial charge in [0.2, 0.25) is 5.96 Å². The summed E-state index contributed by atoms with van der Waals surface area (Å²) in [6.45, 7) is 0.450. The Morgan fingerprint density at radius 1 is 1.09 bits per heavy atom. The molecule has 0 saturated heterocycles. The fourth-order valence-electron chi connectivity index (χ4n) is 1.78. The Bertz CT molecular complexity index is 665. The molecule has 0 radical (unpaired) electrons. The molecule has 2 aromatic rings. The lowest BCUT2D eigenvalue weighted by Gasteiger charge is -2.11. The highest BCUT2D eigenvalue weighted by Gasteiger charge is 2.05. The van der Waals surface area contributed by atoms with Gasteiger partial charge in [0, 0.05) is 0 Å². The standard InChI is InChI=1S/C16H18N4O2/c1-21-14-8-7-13(10-19-20-16(17)18)9-15(14)22-11-12-5-3-2-4-6-12/h2-10H,11H2,1H3,(H4,17,18,20)/b19-10+. The quantitative estimate of drug-likeness (QED) is 0.483. The number of methoxy groups -OCH3 is 1. The van der Waals surface area contributed by atoms with Crippen LogP contribution in [0.4, 0.5) is 0 Å². The van der Waals surface area contributed by atoms with Crippen molar-refractivity contribution in [1.29, 1.82) is 0 Å². The van der Waals surface area contributed by atoms with E-state index in [9.17, 15) is 0 Å². The molecule has 0 aromatic heterocycles. The largest absolute Gasteiger partial charge is 0.493 e. The van der Waals surface area contributed by atoms with E-state index >= 15 is 0 Å². The Labute approximate surface area is 129 Å². The summed E-state index contributed by atoms with van der Waals surface area (Å²) in [5.41, 5.74) is 12.3. The second-order valence-corrected chi connectivity index (χ2v) is 4.45. The lowest BCUT2D eigenvalue weighted by atomic mass is 10.2. The van der Waals surface area contributed by atoms with Crippen molar-refractivity contribution < 1.29 is 9.47 Å². The summed E-state index contributed by atoms with van der Waals surface area (Å²) in [7, 11) is 1.60. The molecule has 2 aromatic carbocycles. The predicted octanol–water partition coefficient (Wildman–Crippen LogP) is 1.88. The molecule has 0 amide bonds. The van der Waals surface area contributed by atoms with Gasteiger partial charge < -0.3 is 20.9 Å². The van der Waals surface area contributed by atoms with Crippen LogP contribution >= 0.6 is 0 Å². The average Bonchev–Trinajstić information content (AvgIpc) is 2.54. The zero-order chi connectivity index (χ0) is 15.8. The molecule has 114 valence electrons. The Morgan fingerprint density at radius 3 is 2.55 bits per heavy atom. The van der Waals surface area contributed by atoms with E-state index < -0.39 is 0 Å². The maximum atomic E-state index is 5.81. The molecule has 0 saturated carbocycles. The minimum absolute atomic E-state index is 0.0923. The lowest BCUT2D eigenvalue weighted by molar-refractivity contribution is 0.284. The smallest absolute Gasteiger partial charge is 0.211 e. The molecule has 4 N–H and O–H groups in total. The van der Waals surface area contributed by atoms with E-state index in [1.165, 1.54) is 6.21 Å². The number of benzene rings is 2. The van der Waals surface area contributed by atoms with E-state index in [2.05, 4.69) is 10.2 Å². The first-order valence-corrected chi connectivity index (χ1v) is 6.66. The molecule has 6 nitrogen and oxygen atoms in total. The Balaban J connectivity index is 2.14. The fourth-order valence-corrected chi connectivity index (χ4v) is 1.78. The maximum Gasteiger partial charge on any atom is 0.211 e. The van der Waals surface area contributed by atoms with Gasteiger partial charge in [0.1, 0.15) is 6.61 Å². The molecule has 0 bridgehead atoms. The van der Waals surface area contributed by atoms with Crippen LogP contribution < -0.4 is 20.9 Å². The van der Waals surface area contributed by atoms with Crippen LogP contribution in [0.5, 0.6) is 11.5 Å². The first kappa shape index (κ1) is 15.4. The Morgan fingerprint density at radius 2 is 1.86 bits per heavy atom. The summed E-state index contributed by atoms with van der Waals surface area (Å²) in [5, 5.41) is 7.33. The molecule has 22 heavy (non-hydrogen) atoms. The van der Waals surface area contributed by atoms with Crippen LogP contribution in [-0.4, -0.2) is 19.3 Å². The van der Waals surface area contributed by atoms with Gasteiger partial charge in [-0.15, -0.1) is 5.10 Å². The third-order valence-corrected chi connectivity index (χ3v) is 2.80. The molecule has 6 heteroatoms. The van der Waals surface area contributed by atoms with Crippen molar-refractivity contribution in [3.63, 3.8) is 0 Å². The van der Waals surface area contributed by atoms with Crippen LogP contribution in [0.2, 0.25) is 0 Å². The minimum atomic E-state index is -0.0923. The zero-order valence-corrected chi connectivity index (χ0v) is 12.3. The molecule has 0 aliphatic carbocycles. The van der Waals surface area contributed by atoms with Crippen LogP contribution in [0, 0.1) is 0 Å². The molecule has 0 spiro atoms. The average molecular weight is 298 g/mol. The number of guanidine groups is 1. The summed E-state index contributed by atoms with van der Waals surface area (Å²) >= 11 is 0. The van der Waals surface area contributed by atoms with Crippen molar-refractivity contribution in [2.45, 2.75) is 6.61 Å². The molecule has 0 aliphatic rings. The second-order valence-electron chi connectivity index (χ2n) is 4.45. The van der Waals surface area contributed by atoms with E-state index in [1.54, 1.807) is 13.2 Å². The van der Waals surface area contributed by atoms with Crippen LogP contribution in [-0.2, 0) is 6.61 Å². The molecule has 0 atom stereocenters. The van der Waals surface area contributed by atoms with Gasteiger partial charge >= 0.3 is 0 Å². The van der Waals surface area contributed by atoms with Gasteiger partial charge in [0.25, 0.3) is 0 Å². The number of nitrogens with two attached hydrogens (primary N) is 2. The van der Waals surface area contributed by atoms with Crippen molar-refractivity contribution in [2.24, 2.45) is 21.7 Å². The van der Waals surface area contributed by atoms with Crippen LogP contribution in [0.3, 0.4) is 0 Å². The molecule has 0 aliphatic heterocycles. The molecule has 0 fully saturated rings. The number of nitrogens with zero attached hydrogens (tertiary/aromatic N) is 2. The van der Waals surface area contributed by atoms with Crippen molar-refractivity contribution in [1.82, 2.24) is 0 Å². The normalized spacial score (nSPS) is 10.4. The van der Waals surface area contributed by atoms with Crippen LogP contribution in [0.15, 0.2) is 58.7 Å². The van der Waals surface area contributed by atoms with Crippen molar-refractivity contribution in [3.05, 3.63) is 59.7 Å². The van der Waals surface area contributed by atoms with Crippen molar-refractivity contribution in [3.8, 4) is 11.5 Å². The first-order valence-electron chi connectivity index (χ1n) is 6.66. The fraction of sp³-hybridized carbons (Fsp3) is 0.125. The Hall–Kier alpha value is -3.02. The summed E-state index contributed by atoms with van der Waals surface area (Å²) < 4.78 is 11.1. The Kier molecular flexibility index (Phi) is 5.37. The predicted molar refractivity (Wildman–Crippen MR) is 87.2 cm³/mol. The van der Waals surface area contributed by atoms with E-state index in [1.807, 2.05) is 42.5 Å². The lowest BCUT2D eigenvalue weighted by Crippen LogP contribution is -2.21.